The summed E-state index contributed by atoms with van der Waals surface area (Å²) in [6.45, 7) is 2.05. The fourth-order valence-electron chi connectivity index (χ4n) is 2.83. The van der Waals surface area contributed by atoms with Crippen molar-refractivity contribution in [2.45, 2.75) is 50.2 Å². The number of piperidine rings is 1. The van der Waals surface area contributed by atoms with E-state index in [2.05, 4.69) is 0 Å². The second-order valence-electron chi connectivity index (χ2n) is 4.49. The van der Waals surface area contributed by atoms with Crippen molar-refractivity contribution in [1.29, 1.82) is 0 Å². The van der Waals surface area contributed by atoms with Crippen LogP contribution in [0.4, 0.5) is 9.18 Å². The maximum atomic E-state index is 14.1. The van der Waals surface area contributed by atoms with Crippen LogP contribution in [0.3, 0.4) is 0 Å². The highest BCUT2D eigenvalue weighted by Crippen LogP contribution is 2.51. The minimum absolute atomic E-state index is 0.0152. The maximum Gasteiger partial charge on any atom is 0.410 e. The first-order valence-electron chi connectivity index (χ1n) is 5.64. The number of carbonyl (C=O) groups excluding carboxylic acids is 1. The Hall–Kier alpha value is -0.880. The van der Waals surface area contributed by atoms with E-state index in [1.165, 1.54) is 4.90 Å². The summed E-state index contributed by atoms with van der Waals surface area (Å²) < 4.78 is 19.0. The summed E-state index contributed by atoms with van der Waals surface area (Å²) in [6, 6.07) is -0.473. The highest BCUT2D eigenvalue weighted by Gasteiger charge is 2.68. The van der Waals surface area contributed by atoms with Gasteiger partial charge in [0.05, 0.1) is 12.6 Å². The monoisotopic (exact) mass is 231 g/mol. The number of ether oxygens (including phenoxy) is 1. The molecule has 0 aromatic heterocycles. The Morgan fingerprint density at radius 1 is 1.56 bits per heavy atom. The molecule has 1 amide bonds. The summed E-state index contributed by atoms with van der Waals surface area (Å²) in [7, 11) is 0. The van der Waals surface area contributed by atoms with Gasteiger partial charge in [0.2, 0.25) is 0 Å². The molecule has 0 aliphatic carbocycles. The van der Waals surface area contributed by atoms with Crippen LogP contribution in [0.25, 0.3) is 0 Å². The number of hydrogen-bond donors (Lipinski definition) is 0. The predicted molar refractivity (Wildman–Crippen MR) is 50.1 cm³/mol. The zero-order chi connectivity index (χ0) is 11.3. The molecule has 0 N–H and O–H groups in total. The molecule has 2 bridgehead atoms. The molecule has 5 nitrogen and oxygen atoms in total. The van der Waals surface area contributed by atoms with Crippen LogP contribution in [0.15, 0.2) is 0 Å². The minimum Gasteiger partial charge on any atom is -0.450 e. The van der Waals surface area contributed by atoms with Gasteiger partial charge in [-0.2, -0.15) is 9.78 Å². The molecule has 0 radical (unpaired) electrons. The van der Waals surface area contributed by atoms with Gasteiger partial charge in [0.15, 0.2) is 6.17 Å². The number of alkyl halides is 1. The highest BCUT2D eigenvalue weighted by atomic mass is 19.1. The van der Waals surface area contributed by atoms with Crippen LogP contribution in [0.1, 0.15) is 26.2 Å². The molecule has 6 heteroatoms. The van der Waals surface area contributed by atoms with Gasteiger partial charge in [0.1, 0.15) is 0 Å². The largest absolute Gasteiger partial charge is 0.450 e. The van der Waals surface area contributed by atoms with Gasteiger partial charge in [-0.15, -0.1) is 0 Å². The molecule has 1 spiro atoms. The van der Waals surface area contributed by atoms with Crippen LogP contribution in [0, 0.1) is 0 Å². The molecule has 16 heavy (non-hydrogen) atoms. The van der Waals surface area contributed by atoms with E-state index in [0.717, 1.165) is 6.42 Å². The lowest BCUT2D eigenvalue weighted by Gasteiger charge is -2.37. The van der Waals surface area contributed by atoms with Gasteiger partial charge in [-0.25, -0.2) is 9.18 Å². The van der Waals surface area contributed by atoms with E-state index in [1.54, 1.807) is 6.92 Å². The SMILES string of the molecule is CCOC(=O)N1[C@@H]2CC[C@@H]1[C@@H](F)C1(C2)OO1. The van der Waals surface area contributed by atoms with Crippen LogP contribution in [-0.2, 0) is 14.5 Å². The molecule has 3 saturated heterocycles. The van der Waals surface area contributed by atoms with E-state index in [0.29, 0.717) is 19.4 Å². The van der Waals surface area contributed by atoms with E-state index in [9.17, 15) is 9.18 Å². The van der Waals surface area contributed by atoms with Crippen LogP contribution < -0.4 is 0 Å². The van der Waals surface area contributed by atoms with Crippen LogP contribution in [0.5, 0.6) is 0 Å². The summed E-state index contributed by atoms with van der Waals surface area (Å²) in [5, 5.41) is 0. The van der Waals surface area contributed by atoms with Gasteiger partial charge in [-0.3, -0.25) is 4.90 Å². The normalized spacial score (nSPS) is 38.9. The third-order valence-electron chi connectivity index (χ3n) is 3.60. The van der Waals surface area contributed by atoms with Gasteiger partial charge in [0, 0.05) is 12.5 Å². The van der Waals surface area contributed by atoms with Gasteiger partial charge in [-0.1, -0.05) is 0 Å². The van der Waals surface area contributed by atoms with Gasteiger partial charge in [-0.05, 0) is 19.8 Å². The highest BCUT2D eigenvalue weighted by molar-refractivity contribution is 5.69. The lowest BCUT2D eigenvalue weighted by Crippen LogP contribution is -2.56. The molecular weight excluding hydrogens is 217 g/mol. The van der Waals surface area contributed by atoms with Gasteiger partial charge < -0.3 is 4.74 Å². The van der Waals surface area contributed by atoms with Gasteiger partial charge >= 0.3 is 6.09 Å². The van der Waals surface area contributed by atoms with E-state index < -0.39 is 24.1 Å². The topological polar surface area (TPSA) is 54.6 Å². The maximum absolute atomic E-state index is 14.1. The quantitative estimate of drug-likeness (QED) is 0.505. The first-order valence-corrected chi connectivity index (χ1v) is 5.64. The second kappa shape index (κ2) is 3.30. The molecule has 0 unspecified atom stereocenters. The summed E-state index contributed by atoms with van der Waals surface area (Å²) in [5.41, 5.74) is 0. The molecule has 3 heterocycles. The third-order valence-corrected chi connectivity index (χ3v) is 3.60. The number of rotatable bonds is 1. The van der Waals surface area contributed by atoms with E-state index in [1.807, 2.05) is 0 Å². The van der Waals surface area contributed by atoms with E-state index in [-0.39, 0.29) is 6.04 Å². The Bertz CT molecular complexity index is 320. The fraction of sp³-hybridized carbons (Fsp3) is 0.900. The van der Waals surface area contributed by atoms with Crippen LogP contribution in [-0.4, -0.2) is 41.6 Å². The summed E-state index contributed by atoms with van der Waals surface area (Å²) in [6.07, 6.45) is 0.157. The van der Waals surface area contributed by atoms with Crippen LogP contribution in [0.2, 0.25) is 0 Å². The zero-order valence-corrected chi connectivity index (χ0v) is 9.02. The van der Waals surface area contributed by atoms with Crippen molar-refractivity contribution in [3.8, 4) is 0 Å². The number of amides is 1. The predicted octanol–water partition coefficient (Wildman–Crippen LogP) is 1.38. The smallest absolute Gasteiger partial charge is 0.410 e. The third kappa shape index (κ3) is 1.26. The molecule has 0 aromatic rings. The van der Waals surface area contributed by atoms with Crippen LogP contribution >= 0.6 is 0 Å². The first kappa shape index (κ1) is 10.3. The van der Waals surface area contributed by atoms with Crippen molar-refractivity contribution < 1.29 is 23.7 Å². The zero-order valence-electron chi connectivity index (χ0n) is 9.02. The van der Waals surface area contributed by atoms with Crippen molar-refractivity contribution in [3.05, 3.63) is 0 Å². The van der Waals surface area contributed by atoms with Crippen molar-refractivity contribution in [1.82, 2.24) is 4.90 Å². The Balaban J connectivity index is 1.80. The minimum atomic E-state index is -1.27. The Labute approximate surface area is 92.4 Å². The number of halogens is 1. The van der Waals surface area contributed by atoms with E-state index >= 15 is 0 Å². The van der Waals surface area contributed by atoms with Gasteiger partial charge in [0.25, 0.3) is 5.79 Å². The summed E-state index contributed by atoms with van der Waals surface area (Å²) >= 11 is 0. The Kier molecular flexibility index (Phi) is 2.12. The summed E-state index contributed by atoms with van der Waals surface area (Å²) in [4.78, 5) is 22.7. The van der Waals surface area contributed by atoms with Crippen molar-refractivity contribution in [2.24, 2.45) is 0 Å². The molecule has 0 saturated carbocycles. The lowest BCUT2D eigenvalue weighted by molar-refractivity contribution is -0.00324. The Morgan fingerprint density at radius 2 is 2.31 bits per heavy atom. The number of carbonyl (C=O) groups is 1. The first-order chi connectivity index (χ1) is 7.68. The number of fused-ring (bicyclic) bond motifs is 2. The molecule has 3 fully saturated rings. The molecule has 3 aliphatic rings. The lowest BCUT2D eigenvalue weighted by atomic mass is 9.96. The molecule has 0 aromatic carbocycles. The second-order valence-corrected chi connectivity index (χ2v) is 4.49. The number of hydrogen-bond acceptors (Lipinski definition) is 4. The molecule has 90 valence electrons. The van der Waals surface area contributed by atoms with Crippen molar-refractivity contribution >= 4 is 6.09 Å². The Morgan fingerprint density at radius 3 is 2.94 bits per heavy atom. The van der Waals surface area contributed by atoms with Crippen molar-refractivity contribution in [2.75, 3.05) is 6.61 Å². The summed E-state index contributed by atoms with van der Waals surface area (Å²) in [5.74, 6) is -1.06. The number of nitrogens with zero attached hydrogens (tertiary/aromatic N) is 1. The molecule has 3 aliphatic heterocycles. The fourth-order valence-corrected chi connectivity index (χ4v) is 2.83. The average molecular weight is 231 g/mol. The average Bonchev–Trinajstić information content (AvgIpc) is 2.92. The standard InChI is InChI=1S/C10H14FNO4/c1-2-14-9(13)12-6-3-4-7(12)8(11)10(5-6)15-16-10/h6-8H,2-5H2,1H3/t6-,7-,8-/m1/s1. The van der Waals surface area contributed by atoms with E-state index in [4.69, 9.17) is 14.5 Å². The molecule has 3 rings (SSSR count). The van der Waals surface area contributed by atoms with Crippen molar-refractivity contribution in [3.63, 3.8) is 0 Å². The molecule has 3 atom stereocenters. The molecular formula is C10H14FNO4.